The maximum absolute atomic E-state index is 13.3. The molecular weight excluding hydrogens is 424 g/mol. The number of aryl methyl sites for hydroxylation is 1. The van der Waals surface area contributed by atoms with Gasteiger partial charge in [-0.15, -0.1) is 0 Å². The van der Waals surface area contributed by atoms with Crippen LogP contribution in [-0.2, 0) is 16.4 Å². The second-order valence-electron chi connectivity index (χ2n) is 6.63. The summed E-state index contributed by atoms with van der Waals surface area (Å²) in [7, 11) is -3.43. The van der Waals surface area contributed by atoms with Crippen LogP contribution in [0.1, 0.15) is 6.42 Å². The molecule has 0 N–H and O–H groups in total. The van der Waals surface area contributed by atoms with Crippen LogP contribution in [0.2, 0.25) is 0 Å². The molecule has 0 amide bonds. The van der Waals surface area contributed by atoms with Crippen molar-refractivity contribution in [2.24, 2.45) is 0 Å². The van der Waals surface area contributed by atoms with Crippen LogP contribution in [0.5, 0.6) is 0 Å². The second kappa shape index (κ2) is 8.02. The summed E-state index contributed by atoms with van der Waals surface area (Å²) in [5.41, 5.74) is 0.297. The van der Waals surface area contributed by atoms with E-state index in [1.54, 1.807) is 0 Å². The smallest absolute Gasteiger partial charge is 0.267 e. The van der Waals surface area contributed by atoms with Gasteiger partial charge in [0.15, 0.2) is 9.84 Å². The third-order valence-corrected chi connectivity index (χ3v) is 5.51. The number of benzene rings is 2. The van der Waals surface area contributed by atoms with Crippen molar-refractivity contribution in [3.8, 4) is 22.3 Å². The molecule has 0 spiro atoms. The Morgan fingerprint density at radius 2 is 1.53 bits per heavy atom. The summed E-state index contributed by atoms with van der Waals surface area (Å²) in [5.74, 6) is -0.538. The van der Waals surface area contributed by atoms with E-state index in [0.717, 1.165) is 18.4 Å². The van der Waals surface area contributed by atoms with E-state index in [9.17, 15) is 30.8 Å². The first kappa shape index (κ1) is 21.7. The van der Waals surface area contributed by atoms with E-state index in [1.807, 2.05) is 0 Å². The van der Waals surface area contributed by atoms with Crippen LogP contribution in [0.15, 0.2) is 64.4 Å². The predicted molar refractivity (Wildman–Crippen MR) is 103 cm³/mol. The molecule has 3 aromatic rings. The number of aromatic nitrogens is 2. The van der Waals surface area contributed by atoms with Crippen LogP contribution in [0.4, 0.5) is 17.6 Å². The Labute approximate surface area is 169 Å². The molecule has 0 fully saturated rings. The summed E-state index contributed by atoms with van der Waals surface area (Å²) in [6, 6.07) is 10.6. The minimum Gasteiger partial charge on any atom is -0.267 e. The zero-order valence-corrected chi connectivity index (χ0v) is 16.5. The molecule has 0 bridgehead atoms. The van der Waals surface area contributed by atoms with Gasteiger partial charge in [-0.3, -0.25) is 4.79 Å². The normalized spacial score (nSPS) is 12.2. The van der Waals surface area contributed by atoms with Gasteiger partial charge < -0.3 is 0 Å². The Morgan fingerprint density at radius 3 is 2.07 bits per heavy atom. The Balaban J connectivity index is 2.16. The van der Waals surface area contributed by atoms with Gasteiger partial charge in [0.05, 0.1) is 29.6 Å². The SMILES string of the molecule is CS(=O)(=O)c1ccc(-c2cnn(CCC(F)(F)F)c(=O)c2-c2ccc(F)cc2)cc1. The molecule has 0 radical (unpaired) electrons. The zero-order valence-electron chi connectivity index (χ0n) is 15.6. The lowest BCUT2D eigenvalue weighted by atomic mass is 9.97. The van der Waals surface area contributed by atoms with E-state index in [2.05, 4.69) is 5.10 Å². The van der Waals surface area contributed by atoms with Gasteiger partial charge in [0.25, 0.3) is 5.56 Å². The van der Waals surface area contributed by atoms with Gasteiger partial charge in [0.2, 0.25) is 0 Å². The van der Waals surface area contributed by atoms with E-state index in [-0.39, 0.29) is 16.0 Å². The maximum atomic E-state index is 13.3. The fourth-order valence-electron chi connectivity index (χ4n) is 2.88. The van der Waals surface area contributed by atoms with Crippen molar-refractivity contribution >= 4 is 9.84 Å². The molecule has 3 rings (SSSR count). The second-order valence-corrected chi connectivity index (χ2v) is 8.65. The highest BCUT2D eigenvalue weighted by molar-refractivity contribution is 7.90. The summed E-state index contributed by atoms with van der Waals surface area (Å²) < 4.78 is 75.1. The standard InChI is InChI=1S/C20H16F4N2O3S/c1-30(28,29)16-8-4-13(5-9-16)17-12-25-26(11-10-20(22,23)24)19(27)18(17)14-2-6-15(21)7-3-14/h2-9,12H,10-11H2,1H3. The van der Waals surface area contributed by atoms with Crippen LogP contribution < -0.4 is 5.56 Å². The average molecular weight is 440 g/mol. The van der Waals surface area contributed by atoms with Crippen LogP contribution in [-0.4, -0.2) is 30.6 Å². The molecule has 0 aliphatic heterocycles. The Morgan fingerprint density at radius 1 is 0.967 bits per heavy atom. The first-order valence-corrected chi connectivity index (χ1v) is 10.6. The molecule has 10 heteroatoms. The fourth-order valence-corrected chi connectivity index (χ4v) is 3.51. The molecule has 5 nitrogen and oxygen atoms in total. The van der Waals surface area contributed by atoms with Gasteiger partial charge in [-0.1, -0.05) is 24.3 Å². The maximum Gasteiger partial charge on any atom is 0.390 e. The minimum atomic E-state index is -4.46. The molecule has 2 aromatic carbocycles. The number of hydrogen-bond donors (Lipinski definition) is 0. The van der Waals surface area contributed by atoms with Gasteiger partial charge in [-0.25, -0.2) is 17.5 Å². The lowest BCUT2D eigenvalue weighted by molar-refractivity contribution is -0.137. The summed E-state index contributed by atoms with van der Waals surface area (Å²) >= 11 is 0. The lowest BCUT2D eigenvalue weighted by Crippen LogP contribution is -2.27. The molecule has 30 heavy (non-hydrogen) atoms. The van der Waals surface area contributed by atoms with Crippen LogP contribution in [0, 0.1) is 5.82 Å². The number of halogens is 4. The topological polar surface area (TPSA) is 69.0 Å². The van der Waals surface area contributed by atoms with Crippen molar-refractivity contribution in [2.45, 2.75) is 24.0 Å². The Kier molecular flexibility index (Phi) is 5.80. The molecule has 0 aliphatic rings. The predicted octanol–water partition coefficient (Wildman–Crippen LogP) is 4.07. The third kappa shape index (κ3) is 4.93. The average Bonchev–Trinajstić information content (AvgIpc) is 2.66. The zero-order chi connectivity index (χ0) is 22.1. The number of rotatable bonds is 5. The van der Waals surface area contributed by atoms with Gasteiger partial charge in [0.1, 0.15) is 5.82 Å². The van der Waals surface area contributed by atoms with Crippen molar-refractivity contribution in [3.63, 3.8) is 0 Å². The van der Waals surface area contributed by atoms with E-state index in [0.29, 0.717) is 15.8 Å². The van der Waals surface area contributed by atoms with Crippen molar-refractivity contribution in [3.05, 3.63) is 70.9 Å². The van der Waals surface area contributed by atoms with E-state index in [4.69, 9.17) is 0 Å². The molecular formula is C20H16F4N2O3S. The van der Waals surface area contributed by atoms with Crippen LogP contribution in [0.3, 0.4) is 0 Å². The quantitative estimate of drug-likeness (QED) is 0.561. The highest BCUT2D eigenvalue weighted by Gasteiger charge is 2.27. The van der Waals surface area contributed by atoms with Crippen molar-refractivity contribution < 1.29 is 26.0 Å². The number of alkyl halides is 3. The summed E-state index contributed by atoms with van der Waals surface area (Å²) in [6.45, 7) is -0.663. The molecule has 1 aromatic heterocycles. The summed E-state index contributed by atoms with van der Waals surface area (Å²) in [4.78, 5) is 13.0. The molecule has 158 valence electrons. The molecule has 1 heterocycles. The lowest BCUT2D eigenvalue weighted by Gasteiger charge is -2.14. The van der Waals surface area contributed by atoms with Gasteiger partial charge in [-0.05, 0) is 35.4 Å². The summed E-state index contributed by atoms with van der Waals surface area (Å²) in [5, 5.41) is 3.84. The molecule has 0 saturated carbocycles. The fraction of sp³-hybridized carbons (Fsp3) is 0.200. The van der Waals surface area contributed by atoms with E-state index < -0.39 is 40.4 Å². The monoisotopic (exact) mass is 440 g/mol. The molecule has 0 unspecified atom stereocenters. The molecule has 0 aliphatic carbocycles. The number of hydrogen-bond acceptors (Lipinski definition) is 4. The van der Waals surface area contributed by atoms with E-state index in [1.165, 1.54) is 42.6 Å². The van der Waals surface area contributed by atoms with Gasteiger partial charge in [-0.2, -0.15) is 18.3 Å². The molecule has 0 atom stereocenters. The van der Waals surface area contributed by atoms with Crippen molar-refractivity contribution in [2.75, 3.05) is 6.26 Å². The Hall–Kier alpha value is -3.01. The van der Waals surface area contributed by atoms with E-state index >= 15 is 0 Å². The van der Waals surface area contributed by atoms with Crippen LogP contribution in [0.25, 0.3) is 22.3 Å². The van der Waals surface area contributed by atoms with Crippen molar-refractivity contribution in [1.29, 1.82) is 0 Å². The number of nitrogens with zero attached hydrogens (tertiary/aromatic N) is 2. The van der Waals surface area contributed by atoms with Crippen LogP contribution >= 0.6 is 0 Å². The van der Waals surface area contributed by atoms with Crippen molar-refractivity contribution in [1.82, 2.24) is 9.78 Å². The minimum absolute atomic E-state index is 0.0410. The summed E-state index contributed by atoms with van der Waals surface area (Å²) in [6.07, 6.45) is -3.40. The first-order chi connectivity index (χ1) is 14.0. The first-order valence-electron chi connectivity index (χ1n) is 8.69. The Bertz CT molecular complexity index is 1220. The highest BCUT2D eigenvalue weighted by Crippen LogP contribution is 2.30. The third-order valence-electron chi connectivity index (χ3n) is 4.38. The molecule has 0 saturated heterocycles. The van der Waals surface area contributed by atoms with Gasteiger partial charge >= 0.3 is 6.18 Å². The highest BCUT2D eigenvalue weighted by atomic mass is 32.2. The number of sulfone groups is 1. The largest absolute Gasteiger partial charge is 0.390 e. The van der Waals surface area contributed by atoms with Gasteiger partial charge in [0, 0.05) is 11.8 Å².